The van der Waals surface area contributed by atoms with Crippen LogP contribution in [-0.4, -0.2) is 0 Å². The van der Waals surface area contributed by atoms with E-state index in [1.165, 1.54) is 86.7 Å². The van der Waals surface area contributed by atoms with Crippen LogP contribution in [0, 0.1) is 0 Å². The summed E-state index contributed by atoms with van der Waals surface area (Å²) in [7, 11) is 0. The Bertz CT molecular complexity index is 3380. The van der Waals surface area contributed by atoms with E-state index < -0.39 is 0 Å². The van der Waals surface area contributed by atoms with Crippen molar-refractivity contribution in [2.75, 3.05) is 0 Å². The topological polar surface area (TPSA) is 13.1 Å². The fourth-order valence-electron chi connectivity index (χ4n) is 9.11. The Balaban J connectivity index is 1.25. The molecular formula is C50H28O. The molecule has 12 aromatic rings. The molecule has 1 aromatic heterocycles. The monoisotopic (exact) mass is 644 g/mol. The van der Waals surface area contributed by atoms with Crippen molar-refractivity contribution in [3.05, 3.63) is 170 Å². The Morgan fingerprint density at radius 2 is 0.745 bits per heavy atom. The summed E-state index contributed by atoms with van der Waals surface area (Å²) >= 11 is 0. The molecule has 12 rings (SSSR count). The van der Waals surface area contributed by atoms with Crippen LogP contribution in [-0.2, 0) is 0 Å². The second-order valence-corrected chi connectivity index (χ2v) is 14.0. The van der Waals surface area contributed by atoms with Crippen molar-refractivity contribution in [1.29, 1.82) is 0 Å². The molecule has 0 fully saturated rings. The van der Waals surface area contributed by atoms with Gasteiger partial charge in [-0.25, -0.2) is 0 Å². The fraction of sp³-hybridized carbons (Fsp3) is 0. The molecule has 1 nitrogen and oxygen atoms in total. The van der Waals surface area contributed by atoms with E-state index in [1.807, 2.05) is 0 Å². The third-order valence-corrected chi connectivity index (χ3v) is 11.4. The molecule has 0 N–H and O–H groups in total. The molecule has 1 heterocycles. The Morgan fingerprint density at radius 3 is 1.53 bits per heavy atom. The van der Waals surface area contributed by atoms with Crippen molar-refractivity contribution in [1.82, 2.24) is 0 Å². The molecule has 11 aromatic carbocycles. The molecule has 0 atom stereocenters. The summed E-state index contributed by atoms with van der Waals surface area (Å²) in [6.07, 6.45) is 0. The molecule has 0 amide bonds. The van der Waals surface area contributed by atoms with Gasteiger partial charge in [-0.15, -0.1) is 0 Å². The Hall–Kier alpha value is -6.70. The minimum atomic E-state index is 0.927. The SMILES string of the molecule is c1ccc2c(c1)ccc1c2oc2c(-c3ccc4ccc5cccc6ccc3c4c56)ccc(-c3cc4ccccc4c4c3ccc3ccccc34)c21. The van der Waals surface area contributed by atoms with Crippen molar-refractivity contribution < 1.29 is 4.42 Å². The molecule has 1 heteroatoms. The van der Waals surface area contributed by atoms with Gasteiger partial charge in [-0.2, -0.15) is 0 Å². The maximum Gasteiger partial charge on any atom is 0.143 e. The summed E-state index contributed by atoms with van der Waals surface area (Å²) in [5.41, 5.74) is 6.57. The van der Waals surface area contributed by atoms with Crippen molar-refractivity contribution in [3.63, 3.8) is 0 Å². The predicted molar refractivity (Wildman–Crippen MR) is 218 cm³/mol. The molecule has 0 saturated heterocycles. The summed E-state index contributed by atoms with van der Waals surface area (Å²) in [4.78, 5) is 0. The van der Waals surface area contributed by atoms with Crippen LogP contribution in [0.2, 0.25) is 0 Å². The molecule has 0 unspecified atom stereocenters. The lowest BCUT2D eigenvalue weighted by atomic mass is 9.86. The molecule has 0 bridgehead atoms. The number of hydrogen-bond donors (Lipinski definition) is 0. The molecule has 51 heavy (non-hydrogen) atoms. The van der Waals surface area contributed by atoms with Crippen molar-refractivity contribution in [3.8, 4) is 22.3 Å². The standard InChI is InChI=1S/C50H28O/c1-4-13-35-29(8-1)18-23-40-44(28-34-10-3-5-14-36(34)47(35)40)41-26-27-42(50-48(41)43-25-19-30-9-2-6-15-37(30)49(43)51-50)38-22-20-33-17-16-31-11-7-12-32-21-24-39(38)46(33)45(31)32/h1-28H. The number of rotatable bonds is 2. The van der Waals surface area contributed by atoms with Crippen LogP contribution in [0.4, 0.5) is 0 Å². The van der Waals surface area contributed by atoms with Gasteiger partial charge < -0.3 is 4.42 Å². The molecular weight excluding hydrogens is 617 g/mol. The summed E-state index contributed by atoms with van der Waals surface area (Å²) in [5.74, 6) is 0. The Morgan fingerprint density at radius 1 is 0.235 bits per heavy atom. The van der Waals surface area contributed by atoms with Gasteiger partial charge >= 0.3 is 0 Å². The van der Waals surface area contributed by atoms with Gasteiger partial charge in [0.25, 0.3) is 0 Å². The van der Waals surface area contributed by atoms with Crippen LogP contribution >= 0.6 is 0 Å². The zero-order valence-electron chi connectivity index (χ0n) is 27.6. The summed E-state index contributed by atoms with van der Waals surface area (Å²) in [6, 6.07) is 62.5. The lowest BCUT2D eigenvalue weighted by Crippen LogP contribution is -1.90. The third kappa shape index (κ3) is 3.65. The normalized spacial score (nSPS) is 12.3. The molecule has 0 aliphatic heterocycles. The van der Waals surface area contributed by atoms with Gasteiger partial charge in [0.15, 0.2) is 0 Å². The van der Waals surface area contributed by atoms with Gasteiger partial charge in [-0.05, 0) is 105 Å². The summed E-state index contributed by atoms with van der Waals surface area (Å²) in [6.45, 7) is 0. The molecule has 0 aliphatic rings. The first-order valence-corrected chi connectivity index (χ1v) is 17.7. The van der Waals surface area contributed by atoms with Crippen molar-refractivity contribution in [2.24, 2.45) is 0 Å². The van der Waals surface area contributed by atoms with Gasteiger partial charge in [0.2, 0.25) is 0 Å². The molecule has 0 radical (unpaired) electrons. The van der Waals surface area contributed by atoms with Crippen molar-refractivity contribution >= 4 is 97.3 Å². The Labute approximate surface area is 292 Å². The van der Waals surface area contributed by atoms with Crippen LogP contribution in [0.25, 0.3) is 120 Å². The second kappa shape index (κ2) is 9.94. The smallest absolute Gasteiger partial charge is 0.143 e. The second-order valence-electron chi connectivity index (χ2n) is 14.0. The van der Waals surface area contributed by atoms with Gasteiger partial charge in [0.05, 0.1) is 0 Å². The van der Waals surface area contributed by atoms with Crippen LogP contribution in [0.15, 0.2) is 174 Å². The Kier molecular flexibility index (Phi) is 5.29. The maximum atomic E-state index is 7.17. The largest absolute Gasteiger partial charge is 0.455 e. The minimum absolute atomic E-state index is 0.927. The van der Waals surface area contributed by atoms with E-state index in [0.717, 1.165) is 32.9 Å². The maximum absolute atomic E-state index is 7.17. The summed E-state index contributed by atoms with van der Waals surface area (Å²) in [5, 5.41) is 19.9. The average Bonchev–Trinajstić information content (AvgIpc) is 3.60. The minimum Gasteiger partial charge on any atom is -0.455 e. The fourth-order valence-corrected chi connectivity index (χ4v) is 9.11. The van der Waals surface area contributed by atoms with E-state index in [1.54, 1.807) is 0 Å². The molecule has 0 saturated carbocycles. The highest BCUT2D eigenvalue weighted by Crippen LogP contribution is 2.48. The first-order valence-electron chi connectivity index (χ1n) is 17.7. The van der Waals surface area contributed by atoms with Crippen LogP contribution in [0.5, 0.6) is 0 Å². The van der Waals surface area contributed by atoms with Crippen LogP contribution in [0.1, 0.15) is 0 Å². The first kappa shape index (κ1) is 27.2. The van der Waals surface area contributed by atoms with Crippen LogP contribution in [0.3, 0.4) is 0 Å². The average molecular weight is 645 g/mol. The van der Waals surface area contributed by atoms with E-state index in [0.29, 0.717) is 0 Å². The van der Waals surface area contributed by atoms with E-state index in [9.17, 15) is 0 Å². The first-order chi connectivity index (χ1) is 25.3. The van der Waals surface area contributed by atoms with E-state index in [4.69, 9.17) is 4.42 Å². The van der Waals surface area contributed by atoms with Gasteiger partial charge in [0, 0.05) is 21.7 Å². The lowest BCUT2D eigenvalue weighted by molar-refractivity contribution is 0.674. The number of hydrogen-bond acceptors (Lipinski definition) is 1. The van der Waals surface area contributed by atoms with Gasteiger partial charge in [0.1, 0.15) is 11.2 Å². The lowest BCUT2D eigenvalue weighted by Gasteiger charge is -2.16. The van der Waals surface area contributed by atoms with Crippen molar-refractivity contribution in [2.45, 2.75) is 0 Å². The quantitative estimate of drug-likeness (QED) is 0.171. The zero-order chi connectivity index (χ0) is 33.2. The number of furan rings is 1. The summed E-state index contributed by atoms with van der Waals surface area (Å²) < 4.78 is 7.17. The van der Waals surface area contributed by atoms with E-state index >= 15 is 0 Å². The molecule has 234 valence electrons. The van der Waals surface area contributed by atoms with Crippen LogP contribution < -0.4 is 0 Å². The third-order valence-electron chi connectivity index (χ3n) is 11.4. The predicted octanol–water partition coefficient (Wildman–Crippen LogP) is 14.4. The molecule has 0 aliphatic carbocycles. The molecule has 0 spiro atoms. The highest BCUT2D eigenvalue weighted by atomic mass is 16.3. The van der Waals surface area contributed by atoms with Gasteiger partial charge in [-0.1, -0.05) is 152 Å². The number of benzene rings is 11. The highest BCUT2D eigenvalue weighted by molar-refractivity contribution is 6.30. The van der Waals surface area contributed by atoms with Gasteiger partial charge in [-0.3, -0.25) is 0 Å². The zero-order valence-corrected chi connectivity index (χ0v) is 27.6. The highest BCUT2D eigenvalue weighted by Gasteiger charge is 2.22. The van der Waals surface area contributed by atoms with E-state index in [2.05, 4.69) is 170 Å². The number of fused-ring (bicyclic) bond motifs is 10. The van der Waals surface area contributed by atoms with E-state index in [-0.39, 0.29) is 0 Å².